The zero-order chi connectivity index (χ0) is 20.8. The maximum atomic E-state index is 12.6. The van der Waals surface area contributed by atoms with Crippen LogP contribution in [-0.4, -0.2) is 53.2 Å². The highest BCUT2D eigenvalue weighted by molar-refractivity contribution is 7.98. The SMILES string of the molecule is CSc1nc(C)c(CCC(=O)Nc2ccccc2NC2CCN(C)CC2)c(C)n1. The van der Waals surface area contributed by atoms with E-state index < -0.39 is 0 Å². The Morgan fingerprint density at radius 3 is 2.38 bits per heavy atom. The van der Waals surface area contributed by atoms with Gasteiger partial charge in [0.25, 0.3) is 0 Å². The Labute approximate surface area is 177 Å². The highest BCUT2D eigenvalue weighted by atomic mass is 32.2. The summed E-state index contributed by atoms with van der Waals surface area (Å²) in [5, 5.41) is 7.48. The molecule has 0 bridgehead atoms. The van der Waals surface area contributed by atoms with E-state index in [1.54, 1.807) is 0 Å². The van der Waals surface area contributed by atoms with Gasteiger partial charge in [-0.3, -0.25) is 4.79 Å². The summed E-state index contributed by atoms with van der Waals surface area (Å²) >= 11 is 1.54. The predicted molar refractivity (Wildman–Crippen MR) is 121 cm³/mol. The number of piperidine rings is 1. The fourth-order valence-electron chi connectivity index (χ4n) is 3.70. The van der Waals surface area contributed by atoms with E-state index in [1.165, 1.54) is 11.8 Å². The molecular weight excluding hydrogens is 382 g/mol. The molecule has 1 aliphatic rings. The van der Waals surface area contributed by atoms with Crippen LogP contribution in [0.5, 0.6) is 0 Å². The Bertz CT molecular complexity index is 826. The number of rotatable bonds is 7. The van der Waals surface area contributed by atoms with E-state index >= 15 is 0 Å². The van der Waals surface area contributed by atoms with E-state index in [1.807, 2.05) is 44.4 Å². The van der Waals surface area contributed by atoms with E-state index in [9.17, 15) is 4.79 Å². The Hall–Kier alpha value is -2.12. The molecule has 0 aliphatic carbocycles. The number of amides is 1. The zero-order valence-corrected chi connectivity index (χ0v) is 18.6. The first-order valence-corrected chi connectivity index (χ1v) is 11.4. The van der Waals surface area contributed by atoms with Gasteiger partial charge in [-0.05, 0) is 77.2 Å². The van der Waals surface area contributed by atoms with Crippen molar-refractivity contribution in [2.75, 3.05) is 37.0 Å². The number of aryl methyl sites for hydroxylation is 2. The second kappa shape index (κ2) is 10.1. The molecule has 0 spiro atoms. The average Bonchev–Trinajstić information content (AvgIpc) is 2.70. The lowest BCUT2D eigenvalue weighted by atomic mass is 10.0. The molecule has 2 N–H and O–H groups in total. The first-order valence-electron chi connectivity index (χ1n) is 10.2. The minimum absolute atomic E-state index is 0.00960. The normalized spacial score (nSPS) is 15.3. The number of para-hydroxylation sites is 2. The van der Waals surface area contributed by atoms with Gasteiger partial charge in [-0.2, -0.15) is 0 Å². The van der Waals surface area contributed by atoms with E-state index in [2.05, 4.69) is 32.5 Å². The Kier molecular flexibility index (Phi) is 7.50. The smallest absolute Gasteiger partial charge is 0.224 e. The van der Waals surface area contributed by atoms with Crippen molar-refractivity contribution in [3.05, 3.63) is 41.2 Å². The van der Waals surface area contributed by atoms with Crippen molar-refractivity contribution >= 4 is 29.0 Å². The first-order chi connectivity index (χ1) is 14.0. The van der Waals surface area contributed by atoms with Gasteiger partial charge in [0.1, 0.15) is 0 Å². The van der Waals surface area contributed by atoms with Crippen LogP contribution in [0.3, 0.4) is 0 Å². The number of thioether (sulfide) groups is 1. The third-order valence-corrected chi connectivity index (χ3v) is 6.01. The minimum atomic E-state index is 0.00960. The summed E-state index contributed by atoms with van der Waals surface area (Å²) in [7, 11) is 2.16. The second-order valence-corrected chi connectivity index (χ2v) is 8.45. The maximum absolute atomic E-state index is 12.6. The van der Waals surface area contributed by atoms with Gasteiger partial charge in [-0.15, -0.1) is 0 Å². The van der Waals surface area contributed by atoms with Crippen molar-refractivity contribution in [3.8, 4) is 0 Å². The Morgan fingerprint density at radius 2 is 1.76 bits per heavy atom. The van der Waals surface area contributed by atoms with Crippen molar-refractivity contribution in [3.63, 3.8) is 0 Å². The molecule has 1 aromatic heterocycles. The van der Waals surface area contributed by atoms with Crippen LogP contribution in [0.15, 0.2) is 29.4 Å². The molecular formula is C22H31N5OS. The molecule has 156 valence electrons. The van der Waals surface area contributed by atoms with Gasteiger partial charge in [0.05, 0.1) is 11.4 Å². The summed E-state index contributed by atoms with van der Waals surface area (Å²) in [4.78, 5) is 24.0. The largest absolute Gasteiger partial charge is 0.381 e. The van der Waals surface area contributed by atoms with Crippen LogP contribution in [0.25, 0.3) is 0 Å². The summed E-state index contributed by atoms with van der Waals surface area (Å²) in [6.45, 7) is 6.18. The van der Waals surface area contributed by atoms with Crippen LogP contribution >= 0.6 is 11.8 Å². The van der Waals surface area contributed by atoms with Crippen molar-refractivity contribution in [2.24, 2.45) is 0 Å². The molecule has 0 unspecified atom stereocenters. The fraction of sp³-hybridized carbons (Fsp3) is 0.500. The summed E-state index contributed by atoms with van der Waals surface area (Å²) in [6, 6.07) is 8.41. The molecule has 1 fully saturated rings. The van der Waals surface area contributed by atoms with E-state index in [0.29, 0.717) is 18.9 Å². The molecule has 1 amide bonds. The van der Waals surface area contributed by atoms with Crippen LogP contribution in [0.4, 0.5) is 11.4 Å². The molecule has 2 aromatic rings. The number of aromatic nitrogens is 2. The van der Waals surface area contributed by atoms with Crippen LogP contribution in [0.1, 0.15) is 36.2 Å². The molecule has 1 aromatic carbocycles. The van der Waals surface area contributed by atoms with Gasteiger partial charge >= 0.3 is 0 Å². The number of benzene rings is 1. The molecule has 0 atom stereocenters. The number of carbonyl (C=O) groups is 1. The summed E-state index contributed by atoms with van der Waals surface area (Å²) in [5.41, 5.74) is 4.82. The number of likely N-dealkylation sites (tertiary alicyclic amines) is 1. The first kappa shape index (κ1) is 21.6. The third-order valence-electron chi connectivity index (χ3n) is 5.46. The van der Waals surface area contributed by atoms with Gasteiger partial charge in [0.15, 0.2) is 5.16 Å². The molecule has 3 rings (SSSR count). The van der Waals surface area contributed by atoms with Gasteiger partial charge in [-0.1, -0.05) is 23.9 Å². The van der Waals surface area contributed by atoms with Crippen molar-refractivity contribution in [1.82, 2.24) is 14.9 Å². The molecule has 1 saturated heterocycles. The average molecular weight is 414 g/mol. The summed E-state index contributed by atoms with van der Waals surface area (Å²) < 4.78 is 0. The monoisotopic (exact) mass is 413 g/mol. The number of nitrogens with one attached hydrogen (secondary N) is 2. The Morgan fingerprint density at radius 1 is 1.14 bits per heavy atom. The van der Waals surface area contributed by atoms with Crippen LogP contribution in [-0.2, 0) is 11.2 Å². The highest BCUT2D eigenvalue weighted by Gasteiger charge is 2.18. The minimum Gasteiger partial charge on any atom is -0.381 e. The van der Waals surface area contributed by atoms with E-state index in [4.69, 9.17) is 0 Å². The highest BCUT2D eigenvalue weighted by Crippen LogP contribution is 2.25. The number of hydrogen-bond acceptors (Lipinski definition) is 6. The maximum Gasteiger partial charge on any atom is 0.224 e. The van der Waals surface area contributed by atoms with Crippen molar-refractivity contribution in [2.45, 2.75) is 50.7 Å². The number of hydrogen-bond donors (Lipinski definition) is 2. The predicted octanol–water partition coefficient (Wildman–Crippen LogP) is 3.89. The van der Waals surface area contributed by atoms with Gasteiger partial charge in [0.2, 0.25) is 5.91 Å². The van der Waals surface area contributed by atoms with E-state index in [0.717, 1.165) is 59.4 Å². The zero-order valence-electron chi connectivity index (χ0n) is 17.8. The number of nitrogens with zero attached hydrogens (tertiary/aromatic N) is 3. The third kappa shape index (κ3) is 5.93. The lowest BCUT2D eigenvalue weighted by Crippen LogP contribution is -2.36. The van der Waals surface area contributed by atoms with Gasteiger partial charge < -0.3 is 15.5 Å². The molecule has 7 heteroatoms. The van der Waals surface area contributed by atoms with Crippen molar-refractivity contribution < 1.29 is 4.79 Å². The Balaban J connectivity index is 1.60. The number of anilines is 2. The van der Waals surface area contributed by atoms with Crippen LogP contribution in [0, 0.1) is 13.8 Å². The molecule has 0 saturated carbocycles. The van der Waals surface area contributed by atoms with E-state index in [-0.39, 0.29) is 5.91 Å². The molecule has 6 nitrogen and oxygen atoms in total. The molecule has 0 radical (unpaired) electrons. The lowest BCUT2D eigenvalue weighted by molar-refractivity contribution is -0.116. The quantitative estimate of drug-likeness (QED) is 0.530. The summed E-state index contributed by atoms with van der Waals surface area (Å²) in [6.07, 6.45) is 5.25. The fourth-order valence-corrected chi connectivity index (χ4v) is 4.16. The molecule has 29 heavy (non-hydrogen) atoms. The van der Waals surface area contributed by atoms with Gasteiger partial charge in [-0.25, -0.2) is 9.97 Å². The second-order valence-electron chi connectivity index (χ2n) is 7.68. The molecule has 1 aliphatic heterocycles. The lowest BCUT2D eigenvalue weighted by Gasteiger charge is -2.30. The summed E-state index contributed by atoms with van der Waals surface area (Å²) in [5.74, 6) is 0.00960. The topological polar surface area (TPSA) is 70.2 Å². The molecule has 2 heterocycles. The van der Waals surface area contributed by atoms with Gasteiger partial charge in [0, 0.05) is 23.9 Å². The standard InChI is InChI=1S/C22H31N5OS/c1-15-18(16(2)24-22(23-15)29-4)9-10-21(28)26-20-8-6-5-7-19(20)25-17-11-13-27(3)14-12-17/h5-8,17,25H,9-14H2,1-4H3,(H,26,28). The van der Waals surface area contributed by atoms with Crippen LogP contribution < -0.4 is 10.6 Å². The number of carbonyl (C=O) groups excluding carboxylic acids is 1. The van der Waals surface area contributed by atoms with Crippen LogP contribution in [0.2, 0.25) is 0 Å². The van der Waals surface area contributed by atoms with Crippen molar-refractivity contribution in [1.29, 1.82) is 0 Å².